The van der Waals surface area contributed by atoms with E-state index in [9.17, 15) is 0 Å². The minimum Gasteiger partial charge on any atom is -0.384 e. The van der Waals surface area contributed by atoms with E-state index in [-0.39, 0.29) is 5.41 Å². The number of nitrogens with two attached hydrogens (primary N) is 1. The lowest BCUT2D eigenvalue weighted by Gasteiger charge is -2.16. The fraction of sp³-hybridized carbons (Fsp3) is 0.364. The number of nitrogens with zero attached hydrogens (tertiary/aromatic N) is 2. The van der Waals surface area contributed by atoms with Crippen LogP contribution < -0.4 is 5.73 Å². The summed E-state index contributed by atoms with van der Waals surface area (Å²) in [5.74, 6) is 0.679. The summed E-state index contributed by atoms with van der Waals surface area (Å²) in [4.78, 5) is 0. The first-order valence-electron chi connectivity index (χ1n) is 4.73. The van der Waals surface area contributed by atoms with Crippen molar-refractivity contribution in [3.8, 4) is 0 Å². The number of rotatable bonds is 0. The van der Waals surface area contributed by atoms with Gasteiger partial charge in [-0.1, -0.05) is 26.8 Å². The monoisotopic (exact) mass is 189 g/mol. The Labute approximate surface area is 83.5 Å². The lowest BCUT2D eigenvalue weighted by molar-refractivity contribution is 0.595. The van der Waals surface area contributed by atoms with Crippen LogP contribution in [0, 0.1) is 0 Å². The van der Waals surface area contributed by atoms with Crippen LogP contribution in [-0.2, 0) is 5.41 Å². The Morgan fingerprint density at radius 2 is 2.00 bits per heavy atom. The topological polar surface area (TPSA) is 43.3 Å². The van der Waals surface area contributed by atoms with Crippen LogP contribution in [0.4, 0.5) is 5.82 Å². The summed E-state index contributed by atoms with van der Waals surface area (Å²) >= 11 is 0. The number of pyridine rings is 1. The molecule has 0 saturated carbocycles. The van der Waals surface area contributed by atoms with E-state index in [1.165, 1.54) is 5.56 Å². The lowest BCUT2D eigenvalue weighted by Crippen LogP contribution is -2.10. The van der Waals surface area contributed by atoms with Crippen molar-refractivity contribution in [3.05, 3.63) is 30.0 Å². The van der Waals surface area contributed by atoms with Gasteiger partial charge in [0, 0.05) is 5.56 Å². The molecule has 0 fully saturated rings. The fourth-order valence-corrected chi connectivity index (χ4v) is 1.61. The molecule has 0 radical (unpaired) electrons. The summed E-state index contributed by atoms with van der Waals surface area (Å²) in [6.45, 7) is 6.52. The molecule has 14 heavy (non-hydrogen) atoms. The summed E-state index contributed by atoms with van der Waals surface area (Å²) in [5, 5.41) is 4.28. The molecule has 3 heteroatoms. The van der Waals surface area contributed by atoms with Crippen LogP contribution in [-0.4, -0.2) is 9.61 Å². The second-order valence-corrected chi connectivity index (χ2v) is 4.56. The zero-order valence-electron chi connectivity index (χ0n) is 8.78. The van der Waals surface area contributed by atoms with Crippen molar-refractivity contribution >= 4 is 11.3 Å². The van der Waals surface area contributed by atoms with Gasteiger partial charge in [-0.25, -0.2) is 4.52 Å². The zero-order valence-corrected chi connectivity index (χ0v) is 8.78. The van der Waals surface area contributed by atoms with E-state index < -0.39 is 0 Å². The molecule has 2 aromatic rings. The maximum atomic E-state index is 5.81. The maximum absolute atomic E-state index is 5.81. The van der Waals surface area contributed by atoms with Crippen molar-refractivity contribution in [1.82, 2.24) is 9.61 Å². The van der Waals surface area contributed by atoms with Crippen molar-refractivity contribution in [2.24, 2.45) is 0 Å². The average molecular weight is 189 g/mol. The highest BCUT2D eigenvalue weighted by molar-refractivity contribution is 5.60. The fourth-order valence-electron chi connectivity index (χ4n) is 1.61. The molecule has 0 saturated heterocycles. The molecular weight excluding hydrogens is 174 g/mol. The number of hydrogen-bond donors (Lipinski definition) is 1. The Morgan fingerprint density at radius 3 is 2.64 bits per heavy atom. The number of aromatic nitrogens is 2. The van der Waals surface area contributed by atoms with Crippen LogP contribution in [0.15, 0.2) is 24.4 Å². The number of anilines is 1. The van der Waals surface area contributed by atoms with Crippen LogP contribution in [0.5, 0.6) is 0 Å². The summed E-state index contributed by atoms with van der Waals surface area (Å²) in [6.07, 6.45) is 1.89. The molecule has 0 unspecified atom stereocenters. The van der Waals surface area contributed by atoms with Gasteiger partial charge in [-0.2, -0.15) is 5.10 Å². The lowest BCUT2D eigenvalue weighted by atomic mass is 9.88. The molecule has 0 aliphatic heterocycles. The van der Waals surface area contributed by atoms with E-state index in [0.717, 1.165) is 5.52 Å². The van der Waals surface area contributed by atoms with Crippen LogP contribution in [0.1, 0.15) is 26.3 Å². The second-order valence-electron chi connectivity index (χ2n) is 4.56. The molecule has 0 atom stereocenters. The van der Waals surface area contributed by atoms with Crippen molar-refractivity contribution in [1.29, 1.82) is 0 Å². The van der Waals surface area contributed by atoms with Crippen LogP contribution in [0.2, 0.25) is 0 Å². The van der Waals surface area contributed by atoms with Gasteiger partial charge >= 0.3 is 0 Å². The Bertz CT molecular complexity index is 463. The summed E-state index contributed by atoms with van der Waals surface area (Å²) in [7, 11) is 0. The molecule has 2 aromatic heterocycles. The molecule has 2 heterocycles. The van der Waals surface area contributed by atoms with E-state index in [1.807, 2.05) is 24.4 Å². The third kappa shape index (κ3) is 1.25. The summed E-state index contributed by atoms with van der Waals surface area (Å²) in [6, 6.07) is 5.86. The largest absolute Gasteiger partial charge is 0.384 e. The third-order valence-corrected chi connectivity index (χ3v) is 2.38. The van der Waals surface area contributed by atoms with E-state index >= 15 is 0 Å². The van der Waals surface area contributed by atoms with Gasteiger partial charge < -0.3 is 5.73 Å². The zero-order chi connectivity index (χ0) is 10.3. The molecular formula is C11H15N3. The first-order valence-corrected chi connectivity index (χ1v) is 4.73. The van der Waals surface area contributed by atoms with Gasteiger partial charge in [0.25, 0.3) is 0 Å². The third-order valence-electron chi connectivity index (χ3n) is 2.38. The highest BCUT2D eigenvalue weighted by Gasteiger charge is 2.18. The van der Waals surface area contributed by atoms with E-state index in [4.69, 9.17) is 5.73 Å². The van der Waals surface area contributed by atoms with Crippen LogP contribution >= 0.6 is 0 Å². The number of hydrogen-bond acceptors (Lipinski definition) is 2. The van der Waals surface area contributed by atoms with Gasteiger partial charge in [-0.3, -0.25) is 0 Å². The molecule has 0 bridgehead atoms. The quantitative estimate of drug-likeness (QED) is 0.690. The SMILES string of the molecule is CC(C)(C)c1cnn2c(N)cccc12. The standard InChI is InChI=1S/C11H15N3/c1-11(2,3)8-7-13-14-9(8)5-4-6-10(14)12/h4-7H,12H2,1-3H3. The number of nitrogen functional groups attached to an aromatic ring is 1. The molecule has 0 aromatic carbocycles. The van der Waals surface area contributed by atoms with Gasteiger partial charge in [0.2, 0.25) is 0 Å². The second kappa shape index (κ2) is 2.74. The Kier molecular flexibility index (Phi) is 1.77. The number of fused-ring (bicyclic) bond motifs is 1. The van der Waals surface area contributed by atoms with Gasteiger partial charge in [0.15, 0.2) is 0 Å². The van der Waals surface area contributed by atoms with Crippen molar-refractivity contribution < 1.29 is 0 Å². The van der Waals surface area contributed by atoms with Gasteiger partial charge in [-0.05, 0) is 17.5 Å². The Hall–Kier alpha value is -1.51. The molecule has 0 spiro atoms. The average Bonchev–Trinajstić information content (AvgIpc) is 2.47. The minimum absolute atomic E-state index is 0.107. The predicted octanol–water partition coefficient (Wildman–Crippen LogP) is 2.21. The maximum Gasteiger partial charge on any atom is 0.125 e. The van der Waals surface area contributed by atoms with Crippen LogP contribution in [0.25, 0.3) is 5.52 Å². The van der Waals surface area contributed by atoms with Gasteiger partial charge in [0.05, 0.1) is 11.7 Å². The smallest absolute Gasteiger partial charge is 0.125 e. The van der Waals surface area contributed by atoms with Gasteiger partial charge in [-0.15, -0.1) is 0 Å². The molecule has 0 amide bonds. The summed E-state index contributed by atoms with van der Waals surface area (Å²) in [5.41, 5.74) is 8.24. The predicted molar refractivity (Wildman–Crippen MR) is 58.3 cm³/mol. The minimum atomic E-state index is 0.107. The van der Waals surface area contributed by atoms with E-state index in [2.05, 4.69) is 25.9 Å². The Morgan fingerprint density at radius 1 is 1.29 bits per heavy atom. The normalized spacial score (nSPS) is 12.2. The Balaban J connectivity index is 2.76. The molecule has 74 valence electrons. The molecule has 2 rings (SSSR count). The van der Waals surface area contributed by atoms with Gasteiger partial charge in [0.1, 0.15) is 5.82 Å². The first-order chi connectivity index (χ1) is 6.50. The van der Waals surface area contributed by atoms with Crippen LogP contribution in [0.3, 0.4) is 0 Å². The molecule has 0 aliphatic carbocycles. The summed E-state index contributed by atoms with van der Waals surface area (Å²) < 4.78 is 1.78. The first kappa shape index (κ1) is 9.06. The highest BCUT2D eigenvalue weighted by Crippen LogP contribution is 2.27. The molecule has 2 N–H and O–H groups in total. The highest BCUT2D eigenvalue weighted by atomic mass is 15.2. The molecule has 0 aliphatic rings. The van der Waals surface area contributed by atoms with E-state index in [1.54, 1.807) is 4.52 Å². The van der Waals surface area contributed by atoms with Crippen molar-refractivity contribution in [2.75, 3.05) is 5.73 Å². The molecule has 3 nitrogen and oxygen atoms in total. The van der Waals surface area contributed by atoms with E-state index in [0.29, 0.717) is 5.82 Å². The van der Waals surface area contributed by atoms with Crippen molar-refractivity contribution in [3.63, 3.8) is 0 Å². The van der Waals surface area contributed by atoms with Crippen molar-refractivity contribution in [2.45, 2.75) is 26.2 Å².